The second-order valence-electron chi connectivity index (χ2n) is 3.26. The third-order valence-electron chi connectivity index (χ3n) is 2.24. The van der Waals surface area contributed by atoms with Crippen LogP contribution < -0.4 is 0 Å². The van der Waals surface area contributed by atoms with E-state index in [9.17, 15) is 13.0 Å². The third-order valence-corrected chi connectivity index (χ3v) is 3.14. The van der Waals surface area contributed by atoms with E-state index in [0.29, 0.717) is 10.9 Å². The zero-order valence-electron chi connectivity index (χ0n) is 8.04. The molecule has 0 aromatic heterocycles. The molecule has 0 fully saturated rings. The van der Waals surface area contributed by atoms with Crippen LogP contribution in [0.25, 0.3) is 10.8 Å². The lowest BCUT2D eigenvalue weighted by Gasteiger charge is -2.10. The highest BCUT2D eigenvalue weighted by Crippen LogP contribution is 2.23. The summed E-state index contributed by atoms with van der Waals surface area (Å²) in [5, 5.41) is 9.62. The van der Waals surface area contributed by atoms with Crippen molar-refractivity contribution in [3.05, 3.63) is 42.0 Å². The molecule has 0 aliphatic rings. The van der Waals surface area contributed by atoms with Gasteiger partial charge in [0.25, 0.3) is 0 Å². The van der Waals surface area contributed by atoms with Gasteiger partial charge in [0.2, 0.25) is 0 Å². The summed E-state index contributed by atoms with van der Waals surface area (Å²) < 4.78 is 33.0. The maximum absolute atomic E-state index is 11.0. The summed E-state index contributed by atoms with van der Waals surface area (Å²) in [6.07, 6.45) is 0. The molecule has 0 saturated heterocycles. The van der Waals surface area contributed by atoms with Crippen molar-refractivity contribution in [2.75, 3.05) is 0 Å². The van der Waals surface area contributed by atoms with Crippen LogP contribution in [0.5, 0.6) is 0 Å². The quantitative estimate of drug-likeness (QED) is 0.699. The Labute approximate surface area is 92.5 Å². The van der Waals surface area contributed by atoms with Crippen LogP contribution in [0.15, 0.2) is 41.3 Å². The SMILES string of the molecule is N#Cc1ccc2cccc(S(=O)(=O)[O-])c2c1. The van der Waals surface area contributed by atoms with E-state index < -0.39 is 10.1 Å². The normalized spacial score (nSPS) is 11.2. The van der Waals surface area contributed by atoms with Gasteiger partial charge in [-0.1, -0.05) is 18.2 Å². The van der Waals surface area contributed by atoms with E-state index in [4.69, 9.17) is 5.26 Å². The highest BCUT2D eigenvalue weighted by atomic mass is 32.2. The van der Waals surface area contributed by atoms with Crippen LogP contribution in [-0.2, 0) is 10.1 Å². The fraction of sp³-hybridized carbons (Fsp3) is 0. The van der Waals surface area contributed by atoms with Crippen molar-refractivity contribution in [2.24, 2.45) is 0 Å². The smallest absolute Gasteiger partial charge is 0.125 e. The summed E-state index contributed by atoms with van der Waals surface area (Å²) in [5.74, 6) is 0. The lowest BCUT2D eigenvalue weighted by atomic mass is 10.1. The van der Waals surface area contributed by atoms with Gasteiger partial charge < -0.3 is 4.55 Å². The summed E-state index contributed by atoms with van der Waals surface area (Å²) in [6.45, 7) is 0. The van der Waals surface area contributed by atoms with Crippen molar-refractivity contribution in [3.8, 4) is 6.07 Å². The van der Waals surface area contributed by atoms with Crippen molar-refractivity contribution in [1.29, 1.82) is 5.26 Å². The van der Waals surface area contributed by atoms with Crippen molar-refractivity contribution >= 4 is 20.9 Å². The maximum atomic E-state index is 11.0. The first-order valence-electron chi connectivity index (χ1n) is 4.41. The predicted octanol–water partition coefficient (Wildman–Crippen LogP) is 1.62. The van der Waals surface area contributed by atoms with Crippen molar-refractivity contribution in [1.82, 2.24) is 0 Å². The zero-order valence-corrected chi connectivity index (χ0v) is 8.86. The number of hydrogen-bond acceptors (Lipinski definition) is 4. The predicted molar refractivity (Wildman–Crippen MR) is 56.6 cm³/mol. The first kappa shape index (κ1) is 10.6. The topological polar surface area (TPSA) is 81.0 Å². The number of rotatable bonds is 1. The molecule has 0 amide bonds. The minimum atomic E-state index is -4.51. The van der Waals surface area contributed by atoms with E-state index in [0.717, 1.165) is 0 Å². The van der Waals surface area contributed by atoms with Crippen molar-refractivity contribution in [3.63, 3.8) is 0 Å². The van der Waals surface area contributed by atoms with Crippen molar-refractivity contribution in [2.45, 2.75) is 4.90 Å². The van der Waals surface area contributed by atoms with Gasteiger partial charge in [0.1, 0.15) is 10.1 Å². The number of nitrogens with zero attached hydrogens (tertiary/aromatic N) is 1. The standard InChI is InChI=1S/C11H7NO3S/c12-7-8-4-5-9-2-1-3-11(10(9)6-8)16(13,14)15/h1-6H,(H,13,14,15)/p-1. The Kier molecular flexibility index (Phi) is 2.38. The Morgan fingerprint density at radius 3 is 2.56 bits per heavy atom. The van der Waals surface area contributed by atoms with E-state index in [2.05, 4.69) is 0 Å². The molecule has 0 aliphatic heterocycles. The van der Waals surface area contributed by atoms with E-state index in [-0.39, 0.29) is 10.3 Å². The molecule has 80 valence electrons. The lowest BCUT2D eigenvalue weighted by Crippen LogP contribution is -1.99. The molecule has 5 heteroatoms. The third kappa shape index (κ3) is 1.76. The summed E-state index contributed by atoms with van der Waals surface area (Å²) in [4.78, 5) is -0.290. The fourth-order valence-corrected chi connectivity index (χ4v) is 2.22. The lowest BCUT2D eigenvalue weighted by molar-refractivity contribution is 0.464. The Morgan fingerprint density at radius 1 is 1.19 bits per heavy atom. The van der Waals surface area contributed by atoms with Gasteiger partial charge in [0, 0.05) is 5.39 Å². The molecule has 0 spiro atoms. The van der Waals surface area contributed by atoms with Gasteiger partial charge in [-0.15, -0.1) is 0 Å². The summed E-state index contributed by atoms with van der Waals surface area (Å²) in [6, 6.07) is 10.9. The molecule has 0 saturated carbocycles. The Balaban J connectivity index is 2.91. The fourth-order valence-electron chi connectivity index (χ4n) is 1.53. The van der Waals surface area contributed by atoms with Gasteiger partial charge in [-0.2, -0.15) is 5.26 Å². The molecular formula is C11H6NO3S-. The maximum Gasteiger partial charge on any atom is 0.125 e. The number of hydrogen-bond donors (Lipinski definition) is 0. The second-order valence-corrected chi connectivity index (χ2v) is 4.61. The van der Waals surface area contributed by atoms with Gasteiger partial charge >= 0.3 is 0 Å². The number of fused-ring (bicyclic) bond motifs is 1. The second kappa shape index (κ2) is 3.59. The van der Waals surface area contributed by atoms with Crippen LogP contribution in [0.2, 0.25) is 0 Å². The minimum Gasteiger partial charge on any atom is -0.744 e. The Hall–Kier alpha value is -1.90. The summed E-state index contributed by atoms with van der Waals surface area (Å²) in [7, 11) is -4.51. The molecule has 0 atom stereocenters. The molecule has 2 aromatic rings. The van der Waals surface area contributed by atoms with Crippen LogP contribution >= 0.6 is 0 Å². The molecule has 0 aliphatic carbocycles. The highest BCUT2D eigenvalue weighted by molar-refractivity contribution is 7.86. The largest absolute Gasteiger partial charge is 0.744 e. The average molecular weight is 232 g/mol. The Bertz CT molecular complexity index is 699. The number of benzene rings is 2. The van der Waals surface area contributed by atoms with Crippen LogP contribution in [-0.4, -0.2) is 13.0 Å². The van der Waals surface area contributed by atoms with Crippen LogP contribution in [0.3, 0.4) is 0 Å². The van der Waals surface area contributed by atoms with Crippen molar-refractivity contribution < 1.29 is 13.0 Å². The van der Waals surface area contributed by atoms with Gasteiger partial charge in [-0.05, 0) is 23.6 Å². The molecular weight excluding hydrogens is 226 g/mol. The number of nitriles is 1. The first-order chi connectivity index (χ1) is 7.52. The summed E-state index contributed by atoms with van der Waals surface area (Å²) >= 11 is 0. The Morgan fingerprint density at radius 2 is 1.94 bits per heavy atom. The molecule has 16 heavy (non-hydrogen) atoms. The van der Waals surface area contributed by atoms with Gasteiger partial charge in [0.15, 0.2) is 0 Å². The van der Waals surface area contributed by atoms with Gasteiger partial charge in [-0.25, -0.2) is 8.42 Å². The molecule has 2 rings (SSSR count). The molecule has 0 unspecified atom stereocenters. The van der Waals surface area contributed by atoms with Gasteiger partial charge in [-0.3, -0.25) is 0 Å². The van der Waals surface area contributed by atoms with Crippen LogP contribution in [0, 0.1) is 11.3 Å². The zero-order chi connectivity index (χ0) is 11.8. The molecule has 0 radical (unpaired) electrons. The summed E-state index contributed by atoms with van der Waals surface area (Å²) in [5.41, 5.74) is 0.323. The van der Waals surface area contributed by atoms with Gasteiger partial charge in [0.05, 0.1) is 16.5 Å². The minimum absolute atomic E-state index is 0.288. The average Bonchev–Trinajstić information content (AvgIpc) is 2.26. The molecule has 0 bridgehead atoms. The molecule has 2 aromatic carbocycles. The molecule has 4 nitrogen and oxygen atoms in total. The van der Waals surface area contributed by atoms with E-state index >= 15 is 0 Å². The molecule has 0 heterocycles. The van der Waals surface area contributed by atoms with Crippen LogP contribution in [0.1, 0.15) is 5.56 Å². The van der Waals surface area contributed by atoms with Crippen LogP contribution in [0.4, 0.5) is 0 Å². The monoisotopic (exact) mass is 232 g/mol. The van der Waals surface area contributed by atoms with E-state index in [1.165, 1.54) is 18.2 Å². The highest BCUT2D eigenvalue weighted by Gasteiger charge is 2.07. The van der Waals surface area contributed by atoms with E-state index in [1.54, 1.807) is 18.2 Å². The molecule has 0 N–H and O–H groups in total. The first-order valence-corrected chi connectivity index (χ1v) is 5.82. The van der Waals surface area contributed by atoms with E-state index in [1.807, 2.05) is 6.07 Å².